The maximum absolute atomic E-state index is 10.9. The van der Waals surface area contributed by atoms with Crippen molar-refractivity contribution in [1.29, 1.82) is 0 Å². The smallest absolute Gasteiger partial charge is 0.335 e. The fourth-order valence-corrected chi connectivity index (χ4v) is 2.19. The molecule has 0 radical (unpaired) electrons. The highest BCUT2D eigenvalue weighted by Crippen LogP contribution is 2.57. The van der Waals surface area contributed by atoms with Crippen LogP contribution in [0.5, 0.6) is 0 Å². The third-order valence-electron chi connectivity index (χ3n) is 3.62. The first-order valence-electron chi connectivity index (χ1n) is 6.15. The molecule has 19 heavy (non-hydrogen) atoms. The zero-order valence-electron chi connectivity index (χ0n) is 10.8. The molecule has 5 nitrogen and oxygen atoms in total. The highest BCUT2D eigenvalue weighted by Gasteiger charge is 2.49. The number of carbonyl (C=O) groups is 1. The van der Waals surface area contributed by atoms with Crippen LogP contribution in [0, 0.1) is 5.41 Å². The topological polar surface area (TPSA) is 76.2 Å². The van der Waals surface area contributed by atoms with Crippen molar-refractivity contribution in [3.8, 4) is 11.5 Å². The minimum atomic E-state index is -0.968. The number of hydrogen-bond acceptors (Lipinski definition) is 4. The number of carboxylic acid groups (broad SMARTS) is 1. The van der Waals surface area contributed by atoms with E-state index in [1.165, 1.54) is 12.1 Å². The average Bonchev–Trinajstić information content (AvgIpc) is 2.81. The summed E-state index contributed by atoms with van der Waals surface area (Å²) in [5.41, 5.74) is 1.09. The summed E-state index contributed by atoms with van der Waals surface area (Å²) in [6, 6.07) is 6.51. The van der Waals surface area contributed by atoms with Gasteiger partial charge in [0, 0.05) is 11.5 Å². The van der Waals surface area contributed by atoms with Crippen molar-refractivity contribution < 1.29 is 14.4 Å². The molecule has 1 N–H and O–H groups in total. The summed E-state index contributed by atoms with van der Waals surface area (Å²) < 4.78 is 5.23. The summed E-state index contributed by atoms with van der Waals surface area (Å²) in [5.74, 6) is 0.457. The van der Waals surface area contributed by atoms with Gasteiger partial charge in [0.15, 0.2) is 5.82 Å². The van der Waals surface area contributed by atoms with Crippen LogP contribution in [0.1, 0.15) is 42.4 Å². The fraction of sp³-hybridized carbons (Fsp3) is 0.357. The van der Waals surface area contributed by atoms with E-state index in [1.54, 1.807) is 12.1 Å². The van der Waals surface area contributed by atoms with Gasteiger partial charge in [-0.15, -0.1) is 0 Å². The molecule has 0 saturated heterocycles. The predicted octanol–water partition coefficient (Wildman–Crippen LogP) is 2.95. The van der Waals surface area contributed by atoms with Gasteiger partial charge in [-0.3, -0.25) is 0 Å². The van der Waals surface area contributed by atoms with Crippen LogP contribution >= 0.6 is 0 Å². The van der Waals surface area contributed by atoms with Crippen LogP contribution in [-0.4, -0.2) is 21.2 Å². The van der Waals surface area contributed by atoms with Gasteiger partial charge in [-0.05, 0) is 30.0 Å². The van der Waals surface area contributed by atoms with Gasteiger partial charge in [0.05, 0.1) is 5.56 Å². The third kappa shape index (κ3) is 2.12. The molecule has 2 aromatic rings. The lowest BCUT2D eigenvalue weighted by Gasteiger charge is -1.97. The van der Waals surface area contributed by atoms with Crippen molar-refractivity contribution in [3.05, 3.63) is 35.7 Å². The summed E-state index contributed by atoms with van der Waals surface area (Å²) in [4.78, 5) is 15.3. The monoisotopic (exact) mass is 258 g/mol. The standard InChI is InChI=1S/C14H14N2O3/c1-14(2)7-10(14)11-15-12(19-16-11)8-4-3-5-9(6-8)13(17)18/h3-6,10H,7H2,1-2H3,(H,17,18). The molecule has 1 atom stereocenters. The first kappa shape index (κ1) is 11.9. The lowest BCUT2D eigenvalue weighted by Crippen LogP contribution is -1.96. The van der Waals surface area contributed by atoms with E-state index in [2.05, 4.69) is 24.0 Å². The van der Waals surface area contributed by atoms with Crippen LogP contribution in [-0.2, 0) is 0 Å². The Morgan fingerprint density at radius 3 is 2.84 bits per heavy atom. The SMILES string of the molecule is CC1(C)CC1c1noc(-c2cccc(C(=O)O)c2)n1. The van der Waals surface area contributed by atoms with Gasteiger partial charge in [-0.25, -0.2) is 4.79 Å². The maximum Gasteiger partial charge on any atom is 0.335 e. The third-order valence-corrected chi connectivity index (χ3v) is 3.62. The maximum atomic E-state index is 10.9. The normalized spacial score (nSPS) is 20.2. The fourth-order valence-electron chi connectivity index (χ4n) is 2.19. The molecule has 0 spiro atoms. The van der Waals surface area contributed by atoms with Crippen molar-refractivity contribution in [2.45, 2.75) is 26.2 Å². The molecular formula is C14H14N2O3. The summed E-state index contributed by atoms with van der Waals surface area (Å²) in [6.07, 6.45) is 1.06. The van der Waals surface area contributed by atoms with Crippen molar-refractivity contribution in [3.63, 3.8) is 0 Å². The van der Waals surface area contributed by atoms with Crippen LogP contribution in [0.15, 0.2) is 28.8 Å². The Hall–Kier alpha value is -2.17. The Morgan fingerprint density at radius 1 is 1.47 bits per heavy atom. The van der Waals surface area contributed by atoms with Gasteiger partial charge in [-0.1, -0.05) is 25.1 Å². The van der Waals surface area contributed by atoms with Crippen molar-refractivity contribution in [2.75, 3.05) is 0 Å². The Kier molecular flexibility index (Phi) is 2.45. The molecule has 0 amide bonds. The van der Waals surface area contributed by atoms with Crippen LogP contribution in [0.2, 0.25) is 0 Å². The predicted molar refractivity (Wildman–Crippen MR) is 67.8 cm³/mol. The Balaban J connectivity index is 1.91. The Bertz CT molecular complexity index is 646. The molecule has 98 valence electrons. The molecule has 3 rings (SSSR count). The highest BCUT2D eigenvalue weighted by atomic mass is 16.5. The van der Waals surface area contributed by atoms with Gasteiger partial charge < -0.3 is 9.63 Å². The van der Waals surface area contributed by atoms with Crippen LogP contribution in [0.3, 0.4) is 0 Å². The molecule has 1 fully saturated rings. The molecule has 1 heterocycles. The van der Waals surface area contributed by atoms with E-state index >= 15 is 0 Å². The van der Waals surface area contributed by atoms with Gasteiger partial charge in [0.25, 0.3) is 5.89 Å². The number of rotatable bonds is 3. The molecule has 1 unspecified atom stereocenters. The van der Waals surface area contributed by atoms with E-state index in [0.717, 1.165) is 6.42 Å². The molecule has 1 saturated carbocycles. The molecular weight excluding hydrogens is 244 g/mol. The van der Waals surface area contributed by atoms with E-state index in [-0.39, 0.29) is 11.0 Å². The van der Waals surface area contributed by atoms with Gasteiger partial charge in [0.1, 0.15) is 0 Å². The first-order valence-corrected chi connectivity index (χ1v) is 6.15. The summed E-state index contributed by atoms with van der Waals surface area (Å²) >= 11 is 0. The van der Waals surface area contributed by atoms with E-state index in [1.807, 2.05) is 0 Å². The molecule has 1 aromatic heterocycles. The van der Waals surface area contributed by atoms with Crippen molar-refractivity contribution >= 4 is 5.97 Å². The Morgan fingerprint density at radius 2 is 2.21 bits per heavy atom. The van der Waals surface area contributed by atoms with Gasteiger partial charge >= 0.3 is 5.97 Å². The van der Waals surface area contributed by atoms with Crippen molar-refractivity contribution in [1.82, 2.24) is 10.1 Å². The quantitative estimate of drug-likeness (QED) is 0.915. The Labute approximate surface area is 110 Å². The minimum Gasteiger partial charge on any atom is -0.478 e. The second-order valence-electron chi connectivity index (χ2n) is 5.59. The largest absolute Gasteiger partial charge is 0.478 e. The molecule has 0 aliphatic heterocycles. The number of benzene rings is 1. The van der Waals surface area contributed by atoms with Crippen molar-refractivity contribution in [2.24, 2.45) is 5.41 Å². The number of nitrogens with zero attached hydrogens (tertiary/aromatic N) is 2. The zero-order chi connectivity index (χ0) is 13.6. The summed E-state index contributed by atoms with van der Waals surface area (Å²) in [6.45, 7) is 4.33. The van der Waals surface area contributed by atoms with E-state index in [0.29, 0.717) is 23.2 Å². The number of aromatic carboxylic acids is 1. The lowest BCUT2D eigenvalue weighted by atomic mass is 10.1. The van der Waals surface area contributed by atoms with Crippen LogP contribution in [0.25, 0.3) is 11.5 Å². The summed E-state index contributed by atoms with van der Waals surface area (Å²) in [5, 5.41) is 13.0. The zero-order valence-corrected chi connectivity index (χ0v) is 10.8. The molecule has 1 aromatic carbocycles. The number of hydrogen-bond donors (Lipinski definition) is 1. The second-order valence-corrected chi connectivity index (χ2v) is 5.59. The van der Waals surface area contributed by atoms with Crippen LogP contribution in [0.4, 0.5) is 0 Å². The molecule has 1 aliphatic rings. The first-order chi connectivity index (χ1) is 8.97. The average molecular weight is 258 g/mol. The number of aromatic nitrogens is 2. The van der Waals surface area contributed by atoms with E-state index in [4.69, 9.17) is 9.63 Å². The van der Waals surface area contributed by atoms with E-state index in [9.17, 15) is 4.79 Å². The molecule has 1 aliphatic carbocycles. The summed E-state index contributed by atoms with van der Waals surface area (Å²) in [7, 11) is 0. The van der Waals surface area contributed by atoms with Gasteiger partial charge in [-0.2, -0.15) is 4.98 Å². The molecule has 0 bridgehead atoms. The lowest BCUT2D eigenvalue weighted by molar-refractivity contribution is 0.0697. The molecule has 5 heteroatoms. The number of carboxylic acids is 1. The minimum absolute atomic E-state index is 0.212. The van der Waals surface area contributed by atoms with E-state index < -0.39 is 5.97 Å². The van der Waals surface area contributed by atoms with Crippen LogP contribution < -0.4 is 0 Å². The second kappa shape index (κ2) is 3.91. The van der Waals surface area contributed by atoms with Gasteiger partial charge in [0.2, 0.25) is 0 Å². The highest BCUT2D eigenvalue weighted by molar-refractivity contribution is 5.88.